The van der Waals surface area contributed by atoms with Crippen molar-refractivity contribution >= 4 is 67.4 Å². The maximum atomic E-state index is 13.6. The monoisotopic (exact) mass is 639 g/mol. The molecule has 2 aromatic heterocycles. The predicted octanol–water partition coefficient (Wildman–Crippen LogP) is 9.49. The Balaban J connectivity index is 1.46. The minimum Gasteiger partial charge on any atom is -0.455 e. The fourth-order valence-electron chi connectivity index (χ4n) is 4.87. The van der Waals surface area contributed by atoms with E-state index >= 15 is 0 Å². The smallest absolute Gasteiger partial charge is 0.270 e. The summed E-state index contributed by atoms with van der Waals surface area (Å²) in [4.78, 5) is 30.1. The van der Waals surface area contributed by atoms with Crippen molar-refractivity contribution < 1.29 is 14.1 Å². The number of nitro groups is 1. The summed E-state index contributed by atoms with van der Waals surface area (Å²) in [6.45, 7) is 6.80. The SMILES string of the molecule is CC(C)(C)[C@@H]1CCc2c(sc(N=Cc3ccc(-c4ccc([N+](=O)[O-])cc4Br)o3)c2C(=O)Nc2ccc(Cl)cc2)C1. The van der Waals surface area contributed by atoms with Gasteiger partial charge in [0.1, 0.15) is 16.5 Å². The summed E-state index contributed by atoms with van der Waals surface area (Å²) < 4.78 is 6.54. The average molecular weight is 641 g/mol. The van der Waals surface area contributed by atoms with Crippen molar-refractivity contribution in [3.63, 3.8) is 0 Å². The van der Waals surface area contributed by atoms with Crippen molar-refractivity contribution in [1.29, 1.82) is 0 Å². The van der Waals surface area contributed by atoms with E-state index in [-0.39, 0.29) is 17.0 Å². The summed E-state index contributed by atoms with van der Waals surface area (Å²) in [5.41, 5.74) is 3.18. The van der Waals surface area contributed by atoms with E-state index in [0.29, 0.717) is 48.7 Å². The number of fused-ring (bicyclic) bond motifs is 1. The van der Waals surface area contributed by atoms with Crippen LogP contribution in [0.25, 0.3) is 11.3 Å². The molecule has 1 aliphatic rings. The number of anilines is 1. The lowest BCUT2D eigenvalue weighted by Crippen LogP contribution is -2.27. The van der Waals surface area contributed by atoms with Crippen molar-refractivity contribution in [3.8, 4) is 11.3 Å². The van der Waals surface area contributed by atoms with Gasteiger partial charge < -0.3 is 9.73 Å². The van der Waals surface area contributed by atoms with Gasteiger partial charge in [-0.2, -0.15) is 0 Å². The Labute approximate surface area is 249 Å². The molecule has 206 valence electrons. The fraction of sp³-hybridized carbons (Fsp3) is 0.267. The molecule has 0 aliphatic heterocycles. The highest BCUT2D eigenvalue weighted by molar-refractivity contribution is 9.10. The van der Waals surface area contributed by atoms with E-state index in [4.69, 9.17) is 21.0 Å². The number of carbonyl (C=O) groups is 1. The molecule has 1 aliphatic carbocycles. The van der Waals surface area contributed by atoms with Crippen molar-refractivity contribution in [1.82, 2.24) is 0 Å². The minimum atomic E-state index is -0.445. The summed E-state index contributed by atoms with van der Waals surface area (Å²) in [6, 6.07) is 15.1. The van der Waals surface area contributed by atoms with Gasteiger partial charge in [0.2, 0.25) is 0 Å². The lowest BCUT2D eigenvalue weighted by Gasteiger charge is -2.33. The van der Waals surface area contributed by atoms with Gasteiger partial charge in [0.15, 0.2) is 0 Å². The van der Waals surface area contributed by atoms with Gasteiger partial charge in [0.25, 0.3) is 11.6 Å². The number of halogens is 2. The van der Waals surface area contributed by atoms with Gasteiger partial charge in [-0.3, -0.25) is 14.9 Å². The third kappa shape index (κ3) is 6.06. The molecule has 0 unspecified atom stereocenters. The van der Waals surface area contributed by atoms with Gasteiger partial charge in [0.05, 0.1) is 16.7 Å². The summed E-state index contributed by atoms with van der Waals surface area (Å²) >= 11 is 11.0. The largest absolute Gasteiger partial charge is 0.455 e. The van der Waals surface area contributed by atoms with E-state index in [0.717, 1.165) is 24.8 Å². The van der Waals surface area contributed by atoms with Crippen molar-refractivity contribution in [2.24, 2.45) is 16.3 Å². The van der Waals surface area contributed by atoms with Crippen molar-refractivity contribution in [2.45, 2.75) is 40.0 Å². The standard InChI is InChI=1S/C30H27BrClN3O4S/c1-30(2,3)17-4-11-23-26(14-17)40-29(27(23)28(36)34-19-7-5-18(32)6-8-19)33-16-21-10-13-25(39-21)22-12-9-20(35(37)38)15-24(22)31/h5-10,12-13,15-17H,4,11,14H2,1-3H3,(H,34,36)/t17-/m1/s1. The molecule has 7 nitrogen and oxygen atoms in total. The molecule has 10 heteroatoms. The molecule has 4 aromatic rings. The molecule has 0 radical (unpaired) electrons. The van der Waals surface area contributed by atoms with Gasteiger partial charge >= 0.3 is 0 Å². The Bertz CT molecular complexity index is 1620. The van der Waals surface area contributed by atoms with Crippen LogP contribution >= 0.6 is 38.9 Å². The van der Waals surface area contributed by atoms with E-state index in [1.807, 2.05) is 0 Å². The number of aliphatic imine (C=N–C) groups is 1. The molecule has 1 amide bonds. The van der Waals surface area contributed by atoms with Crippen LogP contribution in [0.15, 0.2) is 68.5 Å². The number of amides is 1. The Morgan fingerprint density at radius 1 is 1.20 bits per heavy atom. The van der Waals surface area contributed by atoms with Gasteiger partial charge in [-0.1, -0.05) is 32.4 Å². The van der Waals surface area contributed by atoms with E-state index in [9.17, 15) is 14.9 Å². The highest BCUT2D eigenvalue weighted by Gasteiger charge is 2.33. The molecule has 0 saturated heterocycles. The first-order valence-electron chi connectivity index (χ1n) is 12.8. The van der Waals surface area contributed by atoms with Gasteiger partial charge in [-0.25, -0.2) is 4.99 Å². The van der Waals surface area contributed by atoms with Crippen LogP contribution in [0.5, 0.6) is 0 Å². The Morgan fingerprint density at radius 3 is 2.62 bits per heavy atom. The number of nitrogens with one attached hydrogen (secondary N) is 1. The second kappa shape index (κ2) is 11.3. The number of non-ortho nitro benzene ring substituents is 1. The molecule has 1 atom stereocenters. The summed E-state index contributed by atoms with van der Waals surface area (Å²) in [6.07, 6.45) is 4.37. The zero-order valence-corrected chi connectivity index (χ0v) is 25.3. The second-order valence-electron chi connectivity index (χ2n) is 10.8. The highest BCUT2D eigenvalue weighted by atomic mass is 79.9. The molecule has 2 heterocycles. The normalized spacial score (nSPS) is 15.3. The number of thiophene rings is 1. The zero-order valence-electron chi connectivity index (χ0n) is 22.2. The fourth-order valence-corrected chi connectivity index (χ4v) is 6.83. The van der Waals surface area contributed by atoms with E-state index < -0.39 is 4.92 Å². The second-order valence-corrected chi connectivity index (χ2v) is 13.2. The maximum Gasteiger partial charge on any atom is 0.270 e. The molecule has 1 N–H and O–H groups in total. The maximum absolute atomic E-state index is 13.6. The Hall–Kier alpha value is -3.27. The molecule has 0 spiro atoms. The third-order valence-corrected chi connectivity index (χ3v) is 9.24. The molecular weight excluding hydrogens is 614 g/mol. The van der Waals surface area contributed by atoms with Crippen LogP contribution in [0.3, 0.4) is 0 Å². The molecular formula is C30H27BrClN3O4S. The van der Waals surface area contributed by atoms with Crippen molar-refractivity contribution in [2.75, 3.05) is 5.32 Å². The molecule has 0 saturated carbocycles. The number of furan rings is 1. The molecule has 0 fully saturated rings. The number of benzene rings is 2. The lowest BCUT2D eigenvalue weighted by molar-refractivity contribution is -0.384. The third-order valence-electron chi connectivity index (χ3n) is 7.17. The molecule has 5 rings (SSSR count). The molecule has 0 bridgehead atoms. The number of hydrogen-bond donors (Lipinski definition) is 1. The summed E-state index contributed by atoms with van der Waals surface area (Å²) in [7, 11) is 0. The van der Waals surface area contributed by atoms with Gasteiger partial charge in [-0.15, -0.1) is 11.3 Å². The number of hydrogen-bond acceptors (Lipinski definition) is 6. The first kappa shape index (κ1) is 28.3. The first-order chi connectivity index (χ1) is 19.0. The quantitative estimate of drug-likeness (QED) is 0.129. The molecule has 40 heavy (non-hydrogen) atoms. The number of rotatable bonds is 6. The van der Waals surface area contributed by atoms with Crippen molar-refractivity contribution in [3.05, 3.63) is 96.0 Å². The summed E-state index contributed by atoms with van der Waals surface area (Å²) in [5.74, 6) is 1.37. The minimum absolute atomic E-state index is 0.0104. The van der Waals surface area contributed by atoms with Crippen LogP contribution in [0, 0.1) is 21.4 Å². The lowest BCUT2D eigenvalue weighted by atomic mass is 9.72. The van der Waals surface area contributed by atoms with Crippen LogP contribution in [0.4, 0.5) is 16.4 Å². The van der Waals surface area contributed by atoms with Gasteiger partial charge in [0, 0.05) is 37.8 Å². The predicted molar refractivity (Wildman–Crippen MR) is 164 cm³/mol. The van der Waals surface area contributed by atoms with Crippen LogP contribution < -0.4 is 5.32 Å². The first-order valence-corrected chi connectivity index (χ1v) is 14.8. The van der Waals surface area contributed by atoms with Crippen LogP contribution in [0.1, 0.15) is 53.8 Å². The Kier molecular flexibility index (Phi) is 7.99. The number of nitrogens with zero attached hydrogens (tertiary/aromatic N) is 2. The van der Waals surface area contributed by atoms with E-state index in [1.54, 1.807) is 60.0 Å². The zero-order chi connectivity index (χ0) is 28.6. The summed E-state index contributed by atoms with van der Waals surface area (Å²) in [5, 5.41) is 15.3. The topological polar surface area (TPSA) is 97.7 Å². The van der Waals surface area contributed by atoms with E-state index in [1.165, 1.54) is 17.0 Å². The van der Waals surface area contributed by atoms with Crippen LogP contribution in [-0.2, 0) is 12.8 Å². The van der Waals surface area contributed by atoms with Crippen LogP contribution in [0.2, 0.25) is 5.02 Å². The van der Waals surface area contributed by atoms with Crippen LogP contribution in [-0.4, -0.2) is 17.0 Å². The van der Waals surface area contributed by atoms with Gasteiger partial charge in [-0.05, 0) is 94.6 Å². The molecule has 2 aromatic carbocycles. The highest BCUT2D eigenvalue weighted by Crippen LogP contribution is 2.45. The number of carbonyl (C=O) groups excluding carboxylic acids is 1. The Morgan fingerprint density at radius 2 is 1.95 bits per heavy atom. The average Bonchev–Trinajstić information content (AvgIpc) is 3.52. The number of nitro benzene ring substituents is 1. The van der Waals surface area contributed by atoms with E-state index in [2.05, 4.69) is 42.0 Å².